The van der Waals surface area contributed by atoms with Crippen molar-refractivity contribution in [1.82, 2.24) is 19.5 Å². The molecule has 1 aliphatic rings. The third-order valence-electron chi connectivity index (χ3n) is 4.54. The molecule has 1 saturated heterocycles. The topological polar surface area (TPSA) is 88.1 Å². The maximum atomic E-state index is 12.7. The number of nitrogens with one attached hydrogen (secondary N) is 1. The van der Waals surface area contributed by atoms with Gasteiger partial charge >= 0.3 is 0 Å². The molecule has 1 aliphatic heterocycles. The molecule has 4 rings (SSSR count). The Labute approximate surface area is 164 Å². The smallest absolute Gasteiger partial charge is 0.275 e. The quantitative estimate of drug-likeness (QED) is 0.728. The minimum atomic E-state index is -0.229. The molecule has 9 heteroatoms. The number of amides is 2. The molecule has 2 aromatic heterocycles. The van der Waals surface area contributed by atoms with E-state index in [1.165, 1.54) is 0 Å². The molecule has 0 spiro atoms. The highest BCUT2D eigenvalue weighted by atomic mass is 32.1. The number of hydrogen-bond acceptors (Lipinski definition) is 7. The van der Waals surface area contributed by atoms with Gasteiger partial charge in [-0.3, -0.25) is 9.59 Å². The van der Waals surface area contributed by atoms with Gasteiger partial charge in [-0.15, -0.1) is 16.4 Å². The lowest BCUT2D eigenvalue weighted by Gasteiger charge is -2.31. The van der Waals surface area contributed by atoms with E-state index in [1.807, 2.05) is 29.6 Å². The minimum Gasteiger partial charge on any atom is -0.336 e. The van der Waals surface area contributed by atoms with Crippen molar-refractivity contribution in [1.29, 1.82) is 0 Å². The van der Waals surface area contributed by atoms with Gasteiger partial charge in [0.15, 0.2) is 5.69 Å². The monoisotopic (exact) mass is 399 g/mol. The summed E-state index contributed by atoms with van der Waals surface area (Å²) in [5.41, 5.74) is 4.82. The van der Waals surface area contributed by atoms with Crippen LogP contribution in [-0.4, -0.2) is 44.4 Å². The molecule has 138 valence electrons. The number of hydrogen-bond donors (Lipinski definition) is 1. The summed E-state index contributed by atoms with van der Waals surface area (Å²) in [5, 5.41) is 10.4. The van der Waals surface area contributed by atoms with E-state index in [1.54, 1.807) is 27.1 Å². The highest BCUT2D eigenvalue weighted by molar-refractivity contribution is 7.07. The lowest BCUT2D eigenvalue weighted by molar-refractivity contribution is -0.121. The third kappa shape index (κ3) is 4.04. The molecule has 27 heavy (non-hydrogen) atoms. The second-order valence-electron chi connectivity index (χ2n) is 6.32. The highest BCUT2D eigenvalue weighted by Gasteiger charge is 2.29. The zero-order chi connectivity index (χ0) is 18.6. The maximum Gasteiger partial charge on any atom is 0.275 e. The summed E-state index contributed by atoms with van der Waals surface area (Å²) >= 11 is 2.70. The van der Waals surface area contributed by atoms with E-state index in [0.717, 1.165) is 41.3 Å². The fraction of sp³-hybridized carbons (Fsp3) is 0.278. The van der Waals surface area contributed by atoms with Gasteiger partial charge in [-0.1, -0.05) is 16.6 Å². The van der Waals surface area contributed by atoms with Crippen LogP contribution in [0.25, 0.3) is 11.3 Å². The molecular formula is C18H17N5O2S2. The predicted octanol–water partition coefficient (Wildman–Crippen LogP) is 3.15. The van der Waals surface area contributed by atoms with Gasteiger partial charge in [0, 0.05) is 35.1 Å². The van der Waals surface area contributed by atoms with Gasteiger partial charge in [-0.2, -0.15) is 0 Å². The normalized spacial score (nSPS) is 16.9. The maximum absolute atomic E-state index is 12.7. The zero-order valence-corrected chi connectivity index (χ0v) is 16.0. The van der Waals surface area contributed by atoms with Crippen LogP contribution >= 0.6 is 22.9 Å². The zero-order valence-electron chi connectivity index (χ0n) is 14.4. The van der Waals surface area contributed by atoms with E-state index in [0.29, 0.717) is 18.8 Å². The minimum absolute atomic E-state index is 0.0645. The van der Waals surface area contributed by atoms with Crippen LogP contribution in [0.5, 0.6) is 0 Å². The predicted molar refractivity (Wildman–Crippen MR) is 105 cm³/mol. The Morgan fingerprint density at radius 2 is 2.04 bits per heavy atom. The molecule has 1 fully saturated rings. The summed E-state index contributed by atoms with van der Waals surface area (Å²) in [4.78, 5) is 31.1. The van der Waals surface area contributed by atoms with Gasteiger partial charge < -0.3 is 10.2 Å². The van der Waals surface area contributed by atoms with Crippen molar-refractivity contribution in [2.24, 2.45) is 5.92 Å². The summed E-state index contributed by atoms with van der Waals surface area (Å²) in [6.07, 6.45) is 1.56. The first-order chi connectivity index (χ1) is 13.2. The Morgan fingerprint density at radius 3 is 2.74 bits per heavy atom. The number of piperidine rings is 1. The van der Waals surface area contributed by atoms with E-state index in [2.05, 4.69) is 19.9 Å². The first-order valence-corrected chi connectivity index (χ1v) is 10.3. The number of likely N-dealkylation sites (tertiary alicyclic amines) is 1. The molecule has 2 amide bonds. The number of aromatic nitrogens is 3. The van der Waals surface area contributed by atoms with E-state index < -0.39 is 0 Å². The van der Waals surface area contributed by atoms with Crippen LogP contribution in [0.4, 0.5) is 5.69 Å². The fourth-order valence-electron chi connectivity index (χ4n) is 3.12. The number of thiazole rings is 1. The number of carbonyl (C=O) groups excluding carboxylic acids is 2. The Balaban J connectivity index is 1.38. The molecule has 1 N–H and O–H groups in total. The van der Waals surface area contributed by atoms with Gasteiger partial charge in [0.2, 0.25) is 5.91 Å². The second-order valence-corrected chi connectivity index (χ2v) is 7.65. The Bertz CT molecular complexity index is 910. The Morgan fingerprint density at radius 1 is 1.19 bits per heavy atom. The fourth-order valence-corrected chi connectivity index (χ4v) is 4.11. The van der Waals surface area contributed by atoms with Crippen molar-refractivity contribution >= 4 is 40.4 Å². The number of benzene rings is 1. The van der Waals surface area contributed by atoms with Crippen molar-refractivity contribution in [3.05, 3.63) is 46.2 Å². The van der Waals surface area contributed by atoms with Crippen LogP contribution in [0.3, 0.4) is 0 Å². The Hall–Kier alpha value is -2.65. The van der Waals surface area contributed by atoms with Gasteiger partial charge in [0.25, 0.3) is 5.91 Å². The molecule has 3 heterocycles. The molecule has 0 bridgehead atoms. The summed E-state index contributed by atoms with van der Waals surface area (Å²) in [6, 6.07) is 7.63. The number of rotatable bonds is 4. The van der Waals surface area contributed by atoms with Crippen molar-refractivity contribution in [3.8, 4) is 11.3 Å². The standard InChI is InChI=1S/C18H17N5O2S2/c24-17(20-14-5-3-12(4-6-14)15-9-26-11-19-15)13-2-1-7-23(8-13)18(25)16-10-27-22-21-16/h3-6,9-11,13H,1-2,7-8H2,(H,20,24). The molecule has 1 unspecified atom stereocenters. The van der Waals surface area contributed by atoms with Gasteiger partial charge in [-0.05, 0) is 36.5 Å². The largest absolute Gasteiger partial charge is 0.336 e. The summed E-state index contributed by atoms with van der Waals surface area (Å²) in [6.45, 7) is 1.04. The summed E-state index contributed by atoms with van der Waals surface area (Å²) in [5.74, 6) is -0.452. The third-order valence-corrected chi connectivity index (χ3v) is 5.63. The van der Waals surface area contributed by atoms with E-state index in [-0.39, 0.29) is 17.7 Å². The van der Waals surface area contributed by atoms with Crippen molar-refractivity contribution < 1.29 is 9.59 Å². The molecule has 1 aromatic carbocycles. The van der Waals surface area contributed by atoms with Crippen LogP contribution in [-0.2, 0) is 4.79 Å². The average molecular weight is 400 g/mol. The van der Waals surface area contributed by atoms with Crippen molar-refractivity contribution in [2.45, 2.75) is 12.8 Å². The first kappa shape index (κ1) is 17.7. The molecule has 0 aliphatic carbocycles. The van der Waals surface area contributed by atoms with Crippen LogP contribution in [0.1, 0.15) is 23.3 Å². The number of anilines is 1. The Kier molecular flexibility index (Phi) is 5.21. The number of nitrogens with zero attached hydrogens (tertiary/aromatic N) is 4. The summed E-state index contributed by atoms with van der Waals surface area (Å²) < 4.78 is 3.73. The van der Waals surface area contributed by atoms with Crippen LogP contribution in [0.15, 0.2) is 40.5 Å². The van der Waals surface area contributed by atoms with Gasteiger partial charge in [-0.25, -0.2) is 4.98 Å². The SMILES string of the molecule is O=C(Nc1ccc(-c2cscn2)cc1)C1CCCN(C(=O)c2csnn2)C1. The lowest BCUT2D eigenvalue weighted by atomic mass is 9.96. The van der Waals surface area contributed by atoms with E-state index in [4.69, 9.17) is 0 Å². The van der Waals surface area contributed by atoms with Crippen LogP contribution < -0.4 is 5.32 Å². The first-order valence-electron chi connectivity index (χ1n) is 8.56. The van der Waals surface area contributed by atoms with Crippen molar-refractivity contribution in [2.75, 3.05) is 18.4 Å². The summed E-state index contributed by atoms with van der Waals surface area (Å²) in [7, 11) is 0. The lowest BCUT2D eigenvalue weighted by Crippen LogP contribution is -2.43. The average Bonchev–Trinajstić information content (AvgIpc) is 3.42. The highest BCUT2D eigenvalue weighted by Crippen LogP contribution is 2.23. The van der Waals surface area contributed by atoms with Gasteiger partial charge in [0.05, 0.1) is 17.1 Å². The molecule has 0 radical (unpaired) electrons. The number of carbonyl (C=O) groups is 2. The molecule has 7 nitrogen and oxygen atoms in total. The molecular weight excluding hydrogens is 382 g/mol. The molecule has 3 aromatic rings. The van der Waals surface area contributed by atoms with Crippen LogP contribution in [0, 0.1) is 5.92 Å². The van der Waals surface area contributed by atoms with Crippen LogP contribution in [0.2, 0.25) is 0 Å². The van der Waals surface area contributed by atoms with Gasteiger partial charge in [0.1, 0.15) is 0 Å². The van der Waals surface area contributed by atoms with E-state index in [9.17, 15) is 9.59 Å². The van der Waals surface area contributed by atoms with E-state index >= 15 is 0 Å². The second kappa shape index (κ2) is 7.93. The molecule has 0 saturated carbocycles. The van der Waals surface area contributed by atoms with Crippen molar-refractivity contribution in [3.63, 3.8) is 0 Å². The molecule has 1 atom stereocenters.